The first kappa shape index (κ1) is 27.0. The summed E-state index contributed by atoms with van der Waals surface area (Å²) in [5, 5.41) is 47.4. The van der Waals surface area contributed by atoms with E-state index in [1.54, 1.807) is 32.3 Å². The van der Waals surface area contributed by atoms with Crippen molar-refractivity contribution in [2.24, 2.45) is 17.6 Å². The third-order valence-electron chi connectivity index (χ3n) is 8.70. The molecule has 9 nitrogen and oxygen atoms in total. The summed E-state index contributed by atoms with van der Waals surface area (Å²) in [6, 6.07) is 13.5. The number of nitrogens with two attached hydrogens (primary N) is 1. The molecule has 4 atom stereocenters. The zero-order valence-electron chi connectivity index (χ0n) is 22.2. The zero-order chi connectivity index (χ0) is 29.5. The Morgan fingerprint density at radius 1 is 1.02 bits per heavy atom. The molecule has 3 aliphatic carbocycles. The highest BCUT2D eigenvalue weighted by Crippen LogP contribution is 2.53. The van der Waals surface area contributed by atoms with Crippen molar-refractivity contribution in [3.8, 4) is 16.9 Å². The van der Waals surface area contributed by atoms with Crippen molar-refractivity contribution in [3.63, 3.8) is 0 Å². The van der Waals surface area contributed by atoms with Gasteiger partial charge in [0.25, 0.3) is 5.91 Å². The lowest BCUT2D eigenvalue weighted by molar-refractivity contribution is -0.153. The number of benzene rings is 3. The van der Waals surface area contributed by atoms with Gasteiger partial charge in [-0.25, -0.2) is 0 Å². The number of nitrogens with zero attached hydrogens (tertiary/aromatic N) is 1. The van der Waals surface area contributed by atoms with E-state index < -0.39 is 58.0 Å². The van der Waals surface area contributed by atoms with E-state index in [1.807, 2.05) is 30.3 Å². The number of fused-ring (bicyclic) bond motifs is 4. The standard InChI is InChI=1S/C31H27ClN2O7/c1-34(2)24-20-12-17-10-16-9-15-4-3-14(13-5-7-18(32)8-6-13)11-19(15)25(35)21(16)26(36)22(17)28(38)31(20,41)29(39)23(27(24)37)30(33)40/h3-9,11,17,20,24,35-36,39,41H,10,12H2,1-2H3,(H2,33,40)/t17-,20-,24-,31-/m0/s1. The molecule has 6 rings (SSSR count). The van der Waals surface area contributed by atoms with Gasteiger partial charge in [-0.3, -0.25) is 19.3 Å². The van der Waals surface area contributed by atoms with Gasteiger partial charge in [-0.05, 0) is 73.1 Å². The summed E-state index contributed by atoms with van der Waals surface area (Å²) >= 11 is 6.02. The Balaban J connectivity index is 1.53. The summed E-state index contributed by atoms with van der Waals surface area (Å²) in [5.74, 6) is -6.68. The molecule has 0 aromatic heterocycles. The normalized spacial score (nSPS) is 25.8. The first-order valence-corrected chi connectivity index (χ1v) is 13.4. The highest BCUT2D eigenvalue weighted by Gasteiger charge is 2.64. The molecule has 0 aliphatic heterocycles. The second-order valence-corrected chi connectivity index (χ2v) is 11.6. The summed E-state index contributed by atoms with van der Waals surface area (Å²) in [7, 11) is 3.13. The molecular weight excluding hydrogens is 548 g/mol. The minimum atomic E-state index is -2.67. The van der Waals surface area contributed by atoms with E-state index in [0.29, 0.717) is 16.0 Å². The molecule has 0 spiro atoms. The van der Waals surface area contributed by atoms with Crippen LogP contribution in [-0.4, -0.2) is 68.5 Å². The Morgan fingerprint density at radius 2 is 1.68 bits per heavy atom. The number of rotatable bonds is 3. The van der Waals surface area contributed by atoms with Crippen molar-refractivity contribution in [2.75, 3.05) is 14.1 Å². The fourth-order valence-electron chi connectivity index (χ4n) is 6.83. The predicted molar refractivity (Wildman–Crippen MR) is 152 cm³/mol. The maximum absolute atomic E-state index is 14.0. The van der Waals surface area contributed by atoms with Crippen LogP contribution in [0.2, 0.25) is 5.02 Å². The van der Waals surface area contributed by atoms with Crippen LogP contribution in [0.5, 0.6) is 5.75 Å². The molecule has 1 fully saturated rings. The van der Waals surface area contributed by atoms with Gasteiger partial charge in [0.1, 0.15) is 22.8 Å². The van der Waals surface area contributed by atoms with Crippen LogP contribution in [0.25, 0.3) is 27.7 Å². The maximum atomic E-state index is 14.0. The number of likely N-dealkylation sites (N-methyl/N-ethyl adjacent to an activating group) is 1. The summed E-state index contributed by atoms with van der Waals surface area (Å²) in [6.07, 6.45) is 0.275. The highest BCUT2D eigenvalue weighted by atomic mass is 35.5. The Labute approximate surface area is 239 Å². The van der Waals surface area contributed by atoms with E-state index in [9.17, 15) is 34.8 Å². The van der Waals surface area contributed by atoms with Crippen LogP contribution in [0.4, 0.5) is 0 Å². The number of aromatic hydroxyl groups is 1. The fourth-order valence-corrected chi connectivity index (χ4v) is 6.96. The number of aliphatic hydroxyl groups is 3. The number of carbonyl (C=O) groups excluding carboxylic acids is 3. The molecule has 210 valence electrons. The second-order valence-electron chi connectivity index (χ2n) is 11.2. The zero-order valence-corrected chi connectivity index (χ0v) is 22.9. The lowest BCUT2D eigenvalue weighted by Crippen LogP contribution is -2.65. The molecule has 0 bridgehead atoms. The number of amides is 1. The van der Waals surface area contributed by atoms with Crippen LogP contribution in [0.3, 0.4) is 0 Å². The lowest BCUT2D eigenvalue weighted by Gasteiger charge is -2.50. The number of carbonyl (C=O) groups is 3. The van der Waals surface area contributed by atoms with E-state index >= 15 is 0 Å². The second kappa shape index (κ2) is 9.17. The SMILES string of the molecule is CN(C)[C@@H]1C(=O)C(C(N)=O)=C(O)[C@@]2(O)C(=O)C3=C(O)c4c(cc5ccc(-c6ccc(Cl)cc6)cc5c4O)C[C@H]3C[C@@H]12. The average molecular weight is 575 g/mol. The molecule has 3 aromatic rings. The molecular formula is C31H27ClN2O7. The van der Waals surface area contributed by atoms with Crippen molar-refractivity contribution in [1.29, 1.82) is 0 Å². The monoisotopic (exact) mass is 574 g/mol. The smallest absolute Gasteiger partial charge is 0.255 e. The van der Waals surface area contributed by atoms with Gasteiger partial charge in [0, 0.05) is 21.9 Å². The van der Waals surface area contributed by atoms with Gasteiger partial charge < -0.3 is 26.2 Å². The molecule has 1 amide bonds. The molecule has 1 saturated carbocycles. The van der Waals surface area contributed by atoms with Crippen LogP contribution in [0, 0.1) is 11.8 Å². The average Bonchev–Trinajstić information content (AvgIpc) is 2.90. The van der Waals surface area contributed by atoms with Crippen molar-refractivity contribution >= 4 is 45.6 Å². The Kier molecular flexibility index (Phi) is 6.04. The maximum Gasteiger partial charge on any atom is 0.255 e. The van der Waals surface area contributed by atoms with Gasteiger partial charge in [-0.1, -0.05) is 41.9 Å². The molecule has 3 aliphatic rings. The lowest BCUT2D eigenvalue weighted by atomic mass is 9.57. The molecule has 0 saturated heterocycles. The Bertz CT molecular complexity index is 1760. The van der Waals surface area contributed by atoms with Crippen molar-refractivity contribution in [1.82, 2.24) is 4.90 Å². The number of Topliss-reactive ketones (excluding diaryl/α,β-unsaturated/α-hetero) is 2. The van der Waals surface area contributed by atoms with Gasteiger partial charge in [-0.2, -0.15) is 0 Å². The number of phenols is 1. The van der Waals surface area contributed by atoms with Crippen LogP contribution < -0.4 is 5.73 Å². The minimum Gasteiger partial charge on any atom is -0.508 e. The van der Waals surface area contributed by atoms with Gasteiger partial charge >= 0.3 is 0 Å². The fraction of sp³-hybridized carbons (Fsp3) is 0.258. The molecule has 0 heterocycles. The number of ketones is 2. The first-order valence-electron chi connectivity index (χ1n) is 13.1. The van der Waals surface area contributed by atoms with E-state index in [1.165, 1.54) is 4.90 Å². The minimum absolute atomic E-state index is 0.0417. The number of hydrogen-bond acceptors (Lipinski definition) is 8. The molecule has 0 radical (unpaired) electrons. The number of halogens is 1. The molecule has 6 N–H and O–H groups in total. The van der Waals surface area contributed by atoms with E-state index in [2.05, 4.69) is 0 Å². The quantitative estimate of drug-likeness (QED) is 0.297. The van der Waals surface area contributed by atoms with Gasteiger partial charge in [-0.15, -0.1) is 0 Å². The van der Waals surface area contributed by atoms with Crippen molar-refractivity contribution in [2.45, 2.75) is 24.5 Å². The molecule has 10 heteroatoms. The Morgan fingerprint density at radius 3 is 2.32 bits per heavy atom. The third kappa shape index (κ3) is 3.73. The summed E-state index contributed by atoms with van der Waals surface area (Å²) < 4.78 is 0. The van der Waals surface area contributed by atoms with Crippen LogP contribution in [-0.2, 0) is 20.8 Å². The highest BCUT2D eigenvalue weighted by molar-refractivity contribution is 6.30. The summed E-state index contributed by atoms with van der Waals surface area (Å²) in [4.78, 5) is 40.8. The number of aliphatic hydroxyl groups excluding tert-OH is 2. The van der Waals surface area contributed by atoms with Crippen LogP contribution in [0.15, 0.2) is 65.4 Å². The molecule has 41 heavy (non-hydrogen) atoms. The Hall–Kier alpha value is -4.18. The van der Waals surface area contributed by atoms with Crippen LogP contribution in [0.1, 0.15) is 17.5 Å². The van der Waals surface area contributed by atoms with Crippen molar-refractivity contribution < 1.29 is 34.8 Å². The number of hydrogen-bond donors (Lipinski definition) is 5. The van der Waals surface area contributed by atoms with Gasteiger partial charge in [0.05, 0.1) is 11.6 Å². The largest absolute Gasteiger partial charge is 0.508 e. The van der Waals surface area contributed by atoms with Crippen LogP contribution >= 0.6 is 11.6 Å². The number of primary amides is 1. The third-order valence-corrected chi connectivity index (χ3v) is 8.95. The molecule has 3 aromatic carbocycles. The van der Waals surface area contributed by atoms with Gasteiger partial charge in [0.15, 0.2) is 11.4 Å². The van der Waals surface area contributed by atoms with Gasteiger partial charge in [0.2, 0.25) is 5.78 Å². The topological polar surface area (TPSA) is 161 Å². The summed E-state index contributed by atoms with van der Waals surface area (Å²) in [6.45, 7) is 0. The number of phenolic OH excluding ortho intramolecular Hbond substituents is 1. The molecule has 0 unspecified atom stereocenters. The van der Waals surface area contributed by atoms with E-state index in [0.717, 1.165) is 16.5 Å². The van der Waals surface area contributed by atoms with E-state index in [4.69, 9.17) is 17.3 Å². The van der Waals surface area contributed by atoms with E-state index in [-0.39, 0.29) is 29.7 Å². The van der Waals surface area contributed by atoms with Crippen molar-refractivity contribution in [3.05, 3.63) is 81.6 Å². The predicted octanol–water partition coefficient (Wildman–Crippen LogP) is 3.44. The summed E-state index contributed by atoms with van der Waals surface area (Å²) in [5.41, 5.74) is 4.00. The first-order chi connectivity index (χ1) is 19.4.